The van der Waals surface area contributed by atoms with Crippen molar-refractivity contribution in [3.63, 3.8) is 0 Å². The van der Waals surface area contributed by atoms with Gasteiger partial charge in [0.25, 0.3) is 0 Å². The summed E-state index contributed by atoms with van der Waals surface area (Å²) < 4.78 is 16.5. The van der Waals surface area contributed by atoms with Gasteiger partial charge in [-0.15, -0.1) is 0 Å². The zero-order valence-corrected chi connectivity index (χ0v) is 11.9. The molecule has 2 rings (SSSR count). The van der Waals surface area contributed by atoms with Crippen LogP contribution in [0.15, 0.2) is 18.2 Å². The number of methoxy groups -OCH3 is 1. The van der Waals surface area contributed by atoms with Crippen LogP contribution in [0.5, 0.6) is 5.75 Å². The summed E-state index contributed by atoms with van der Waals surface area (Å²) in [6.45, 7) is 3.26. The molecule has 0 amide bonds. The lowest BCUT2D eigenvalue weighted by molar-refractivity contribution is 0.0780. The molecule has 0 spiro atoms. The molecule has 0 aromatic heterocycles. The lowest BCUT2D eigenvalue weighted by atomic mass is 10.1. The van der Waals surface area contributed by atoms with Crippen molar-refractivity contribution >= 4 is 0 Å². The molecule has 1 unspecified atom stereocenters. The topological polar surface area (TPSA) is 53.7 Å². The van der Waals surface area contributed by atoms with Gasteiger partial charge in [0.15, 0.2) is 0 Å². The lowest BCUT2D eigenvalue weighted by Crippen LogP contribution is -2.09. The average molecular weight is 275 g/mol. The fourth-order valence-electron chi connectivity index (χ4n) is 2.17. The third-order valence-corrected chi connectivity index (χ3v) is 3.25. The van der Waals surface area contributed by atoms with E-state index < -0.39 is 0 Å². The van der Waals surface area contributed by atoms with E-state index in [0.717, 1.165) is 43.1 Å². The van der Waals surface area contributed by atoms with E-state index >= 15 is 0 Å². The summed E-state index contributed by atoms with van der Waals surface area (Å²) in [7, 11) is 1.66. The zero-order chi connectivity index (χ0) is 14.2. The van der Waals surface area contributed by atoms with Crippen LogP contribution in [-0.2, 0) is 16.1 Å². The molecule has 0 aliphatic carbocycles. The normalized spacial score (nSPS) is 17.6. The maximum atomic E-state index is 5.77. The van der Waals surface area contributed by atoms with Crippen LogP contribution in [0.1, 0.15) is 17.5 Å². The van der Waals surface area contributed by atoms with E-state index in [1.807, 2.05) is 18.2 Å². The average Bonchev–Trinajstić information content (AvgIpc) is 2.98. The molecule has 1 fully saturated rings. The molecule has 20 heavy (non-hydrogen) atoms. The molecular weight excluding hydrogens is 254 g/mol. The van der Waals surface area contributed by atoms with Crippen molar-refractivity contribution < 1.29 is 14.2 Å². The van der Waals surface area contributed by atoms with E-state index in [1.165, 1.54) is 0 Å². The third-order valence-electron chi connectivity index (χ3n) is 3.25. The zero-order valence-electron chi connectivity index (χ0n) is 11.9. The Morgan fingerprint density at radius 1 is 1.45 bits per heavy atom. The van der Waals surface area contributed by atoms with Gasteiger partial charge in [0.05, 0.1) is 33.5 Å². The second-order valence-electron chi connectivity index (χ2n) is 4.78. The molecule has 1 aliphatic rings. The van der Waals surface area contributed by atoms with E-state index in [2.05, 4.69) is 11.8 Å². The predicted octanol–water partition coefficient (Wildman–Crippen LogP) is 1.56. The molecule has 1 atom stereocenters. The Labute approximate surface area is 120 Å². The molecule has 108 valence electrons. The lowest BCUT2D eigenvalue weighted by Gasteiger charge is -2.12. The van der Waals surface area contributed by atoms with Crippen LogP contribution >= 0.6 is 0 Å². The molecule has 1 aliphatic heterocycles. The summed E-state index contributed by atoms with van der Waals surface area (Å²) in [6, 6.07) is 5.83. The van der Waals surface area contributed by atoms with E-state index in [0.29, 0.717) is 19.1 Å². The van der Waals surface area contributed by atoms with Gasteiger partial charge in [0.2, 0.25) is 0 Å². The first kappa shape index (κ1) is 14.9. The number of hydrogen-bond acceptors (Lipinski definition) is 4. The van der Waals surface area contributed by atoms with Crippen molar-refractivity contribution in [2.24, 2.45) is 11.7 Å². The predicted molar refractivity (Wildman–Crippen MR) is 77.5 cm³/mol. The van der Waals surface area contributed by atoms with Gasteiger partial charge in [-0.2, -0.15) is 0 Å². The highest BCUT2D eigenvalue weighted by atomic mass is 16.5. The largest absolute Gasteiger partial charge is 0.496 e. The van der Waals surface area contributed by atoms with Gasteiger partial charge >= 0.3 is 0 Å². The van der Waals surface area contributed by atoms with Crippen molar-refractivity contribution in [3.8, 4) is 17.6 Å². The van der Waals surface area contributed by atoms with Gasteiger partial charge in [0, 0.05) is 23.7 Å². The Bertz CT molecular complexity index is 484. The van der Waals surface area contributed by atoms with Crippen LogP contribution < -0.4 is 10.5 Å². The summed E-state index contributed by atoms with van der Waals surface area (Å²) in [5.74, 6) is 7.21. The number of nitrogens with two attached hydrogens (primary N) is 1. The Morgan fingerprint density at radius 3 is 3.05 bits per heavy atom. The van der Waals surface area contributed by atoms with Gasteiger partial charge in [0.1, 0.15) is 5.75 Å². The minimum Gasteiger partial charge on any atom is -0.496 e. The molecule has 4 nitrogen and oxygen atoms in total. The first-order valence-corrected chi connectivity index (χ1v) is 6.85. The van der Waals surface area contributed by atoms with Crippen molar-refractivity contribution in [1.82, 2.24) is 0 Å². The number of rotatable bonds is 5. The summed E-state index contributed by atoms with van der Waals surface area (Å²) in [4.78, 5) is 0. The molecule has 1 aromatic rings. The molecule has 4 heteroatoms. The van der Waals surface area contributed by atoms with E-state index in [1.54, 1.807) is 7.11 Å². The van der Waals surface area contributed by atoms with Gasteiger partial charge in [-0.05, 0) is 24.6 Å². The maximum absolute atomic E-state index is 5.77. The first-order valence-electron chi connectivity index (χ1n) is 6.85. The second kappa shape index (κ2) is 7.91. The molecular formula is C16H21NO3. The Morgan fingerprint density at radius 2 is 2.35 bits per heavy atom. The smallest absolute Gasteiger partial charge is 0.124 e. The van der Waals surface area contributed by atoms with Gasteiger partial charge in [-0.1, -0.05) is 11.8 Å². The summed E-state index contributed by atoms with van der Waals surface area (Å²) in [5.41, 5.74) is 7.32. The molecule has 0 bridgehead atoms. The minimum atomic E-state index is 0.361. The SMILES string of the molecule is COc1ccc(C#CCN)cc1COCC1CCOC1. The molecule has 0 radical (unpaired) electrons. The second-order valence-corrected chi connectivity index (χ2v) is 4.78. The van der Waals surface area contributed by atoms with Crippen LogP contribution in [0.4, 0.5) is 0 Å². The van der Waals surface area contributed by atoms with Crippen molar-refractivity contribution in [2.75, 3.05) is 33.5 Å². The first-order chi connectivity index (χ1) is 9.83. The van der Waals surface area contributed by atoms with E-state index in [-0.39, 0.29) is 0 Å². The highest BCUT2D eigenvalue weighted by Gasteiger charge is 2.15. The van der Waals surface area contributed by atoms with Crippen molar-refractivity contribution in [1.29, 1.82) is 0 Å². The third kappa shape index (κ3) is 4.24. The van der Waals surface area contributed by atoms with Gasteiger partial charge < -0.3 is 19.9 Å². The summed E-state index contributed by atoms with van der Waals surface area (Å²) >= 11 is 0. The van der Waals surface area contributed by atoms with Gasteiger partial charge in [-0.3, -0.25) is 0 Å². The van der Waals surface area contributed by atoms with Crippen molar-refractivity contribution in [3.05, 3.63) is 29.3 Å². The number of benzene rings is 1. The summed E-state index contributed by atoms with van der Waals surface area (Å²) in [6.07, 6.45) is 1.08. The highest BCUT2D eigenvalue weighted by molar-refractivity contribution is 5.44. The Hall–Kier alpha value is -1.54. The number of hydrogen-bond donors (Lipinski definition) is 1. The maximum Gasteiger partial charge on any atom is 0.124 e. The summed E-state index contributed by atoms with van der Waals surface area (Å²) in [5, 5.41) is 0. The van der Waals surface area contributed by atoms with Crippen molar-refractivity contribution in [2.45, 2.75) is 13.0 Å². The van der Waals surface area contributed by atoms with E-state index in [9.17, 15) is 0 Å². The number of ether oxygens (including phenoxy) is 3. The highest BCUT2D eigenvalue weighted by Crippen LogP contribution is 2.21. The fourth-order valence-corrected chi connectivity index (χ4v) is 2.17. The molecule has 2 N–H and O–H groups in total. The molecule has 1 aromatic carbocycles. The minimum absolute atomic E-state index is 0.361. The van der Waals surface area contributed by atoms with Crippen LogP contribution in [0, 0.1) is 17.8 Å². The van der Waals surface area contributed by atoms with Crippen LogP contribution in [0.2, 0.25) is 0 Å². The van der Waals surface area contributed by atoms with Crippen LogP contribution in [0.3, 0.4) is 0 Å². The van der Waals surface area contributed by atoms with Crippen LogP contribution in [0.25, 0.3) is 0 Å². The standard InChI is InChI=1S/C16H21NO3/c1-18-16-5-4-13(3-2-7-17)9-15(16)12-20-11-14-6-8-19-10-14/h4-5,9,14H,6-8,10-12,17H2,1H3. The van der Waals surface area contributed by atoms with E-state index in [4.69, 9.17) is 19.9 Å². The molecule has 0 saturated carbocycles. The van der Waals surface area contributed by atoms with Gasteiger partial charge in [-0.25, -0.2) is 0 Å². The fraction of sp³-hybridized carbons (Fsp3) is 0.500. The monoisotopic (exact) mass is 275 g/mol. The quantitative estimate of drug-likeness (QED) is 0.829. The Balaban J connectivity index is 1.96. The van der Waals surface area contributed by atoms with Crippen LogP contribution in [-0.4, -0.2) is 33.5 Å². The Kier molecular flexibility index (Phi) is 5.87. The molecule has 1 saturated heterocycles. The molecule has 1 heterocycles.